The number of anilines is 3. The maximum Gasteiger partial charge on any atom is 0.108 e. The molecular formula is C54H39N. The summed E-state index contributed by atoms with van der Waals surface area (Å²) in [7, 11) is 0. The van der Waals surface area contributed by atoms with Crippen molar-refractivity contribution in [3.63, 3.8) is 0 Å². The van der Waals surface area contributed by atoms with Crippen LogP contribution in [0, 0.1) is 11.8 Å². The van der Waals surface area contributed by atoms with Gasteiger partial charge in [-0.3, -0.25) is 0 Å². The van der Waals surface area contributed by atoms with Gasteiger partial charge in [0.25, 0.3) is 0 Å². The topological polar surface area (TPSA) is 3.24 Å². The predicted octanol–water partition coefficient (Wildman–Crippen LogP) is 13.5. The van der Waals surface area contributed by atoms with Gasteiger partial charge in [-0.15, -0.1) is 0 Å². The molecule has 0 aromatic heterocycles. The lowest BCUT2D eigenvalue weighted by Crippen LogP contribution is -2.25. The Morgan fingerprint density at radius 3 is 1.62 bits per heavy atom. The van der Waals surface area contributed by atoms with Gasteiger partial charge in [0.2, 0.25) is 0 Å². The Morgan fingerprint density at radius 2 is 0.891 bits per heavy atom. The molecule has 2 aliphatic carbocycles. The predicted molar refractivity (Wildman–Crippen MR) is 229 cm³/mol. The first kappa shape index (κ1) is 32.7. The van der Waals surface area contributed by atoms with Gasteiger partial charge in [0, 0.05) is 28.0 Å². The Bertz CT molecular complexity index is 2770. The number of hydrogen-bond donors (Lipinski definition) is 0. The van der Waals surface area contributed by atoms with E-state index in [0.29, 0.717) is 0 Å². The summed E-state index contributed by atoms with van der Waals surface area (Å²) in [4.78, 5) is 2.43. The van der Waals surface area contributed by atoms with E-state index in [1.54, 1.807) is 0 Å². The number of benzene rings is 8. The van der Waals surface area contributed by atoms with Gasteiger partial charge in [-0.2, -0.15) is 0 Å². The first-order valence-corrected chi connectivity index (χ1v) is 19.1. The zero-order valence-electron chi connectivity index (χ0n) is 31.0. The van der Waals surface area contributed by atoms with Crippen LogP contribution in [0.2, 0.25) is 0 Å². The minimum Gasteiger partial charge on any atom is -0.310 e. The highest BCUT2D eigenvalue weighted by atomic mass is 15.1. The van der Waals surface area contributed by atoms with Gasteiger partial charge in [0.1, 0.15) is 5.41 Å². The van der Waals surface area contributed by atoms with Crippen molar-refractivity contribution < 1.29 is 0 Å². The van der Waals surface area contributed by atoms with Crippen LogP contribution in [0.3, 0.4) is 0 Å². The second-order valence-corrected chi connectivity index (χ2v) is 15.2. The molecule has 0 amide bonds. The van der Waals surface area contributed by atoms with Crippen molar-refractivity contribution in [2.45, 2.75) is 24.7 Å². The van der Waals surface area contributed by atoms with E-state index in [4.69, 9.17) is 0 Å². The molecule has 2 aliphatic rings. The fourth-order valence-corrected chi connectivity index (χ4v) is 9.02. The molecule has 1 unspecified atom stereocenters. The summed E-state index contributed by atoms with van der Waals surface area (Å²) in [5, 5.41) is 0. The molecule has 0 N–H and O–H groups in total. The Hall–Kier alpha value is -6.88. The molecule has 260 valence electrons. The van der Waals surface area contributed by atoms with Crippen LogP contribution in [0.1, 0.15) is 47.2 Å². The maximum atomic E-state index is 3.86. The van der Waals surface area contributed by atoms with Crippen molar-refractivity contribution in [3.8, 4) is 45.2 Å². The molecule has 10 rings (SSSR count). The molecule has 55 heavy (non-hydrogen) atoms. The van der Waals surface area contributed by atoms with Crippen molar-refractivity contribution in [3.05, 3.63) is 234 Å². The van der Waals surface area contributed by atoms with Crippen molar-refractivity contribution in [2.24, 2.45) is 0 Å². The van der Waals surface area contributed by atoms with Gasteiger partial charge < -0.3 is 4.90 Å². The Balaban J connectivity index is 1.18. The Kier molecular flexibility index (Phi) is 7.68. The molecule has 8 aromatic carbocycles. The van der Waals surface area contributed by atoms with E-state index in [9.17, 15) is 0 Å². The maximum absolute atomic E-state index is 3.86. The lowest BCUT2D eigenvalue weighted by Gasteiger charge is -2.30. The third-order valence-corrected chi connectivity index (χ3v) is 11.7. The molecule has 0 saturated carbocycles. The minimum absolute atomic E-state index is 0.117. The van der Waals surface area contributed by atoms with Crippen molar-refractivity contribution in [1.29, 1.82) is 0 Å². The molecule has 0 spiro atoms. The van der Waals surface area contributed by atoms with E-state index in [1.807, 2.05) is 6.07 Å². The van der Waals surface area contributed by atoms with E-state index >= 15 is 0 Å². The van der Waals surface area contributed by atoms with Gasteiger partial charge in [-0.1, -0.05) is 177 Å². The van der Waals surface area contributed by atoms with E-state index in [-0.39, 0.29) is 5.41 Å². The third-order valence-electron chi connectivity index (χ3n) is 11.7. The lowest BCUT2D eigenvalue weighted by atomic mass is 9.73. The third kappa shape index (κ3) is 5.25. The van der Waals surface area contributed by atoms with Crippen LogP contribution in [-0.2, 0) is 10.8 Å². The summed E-state index contributed by atoms with van der Waals surface area (Å²) in [5.41, 5.74) is 17.4. The van der Waals surface area contributed by atoms with E-state index in [0.717, 1.165) is 22.6 Å². The highest BCUT2D eigenvalue weighted by Crippen LogP contribution is 2.55. The Morgan fingerprint density at radius 1 is 0.382 bits per heavy atom. The van der Waals surface area contributed by atoms with E-state index < -0.39 is 5.41 Å². The average molecular weight is 702 g/mol. The van der Waals surface area contributed by atoms with Crippen molar-refractivity contribution >= 4 is 17.1 Å². The van der Waals surface area contributed by atoms with Crippen molar-refractivity contribution in [1.82, 2.24) is 0 Å². The van der Waals surface area contributed by atoms with Gasteiger partial charge in [-0.05, 0) is 110 Å². The zero-order chi connectivity index (χ0) is 37.0. The molecule has 8 aromatic rings. The summed E-state index contributed by atoms with van der Waals surface area (Å²) in [6.45, 7) is 4.71. The molecule has 0 bridgehead atoms. The molecule has 0 heterocycles. The van der Waals surface area contributed by atoms with Gasteiger partial charge >= 0.3 is 0 Å². The van der Waals surface area contributed by atoms with Crippen LogP contribution >= 0.6 is 0 Å². The quantitative estimate of drug-likeness (QED) is 0.162. The number of rotatable bonds is 5. The standard InChI is InChI=1S/C54H39N/c1-53(2)49-24-14-12-22-45(49)47-32-30-44(37-52(47)53)55(42-28-26-40(27-29-42)39-18-8-4-9-19-39)43-31-33-51-48(36-43)46-23-13-15-25-50(46)54(51,41-20-10-5-11-21-41)35-34-38-16-6-3-7-17-38/h3-33,36-37H,1-2H3. The smallest absolute Gasteiger partial charge is 0.108 e. The van der Waals surface area contributed by atoms with Crippen LogP contribution in [0.25, 0.3) is 33.4 Å². The summed E-state index contributed by atoms with van der Waals surface area (Å²) in [6, 6.07) is 72.5. The molecule has 0 fully saturated rings. The molecule has 0 saturated heterocycles. The van der Waals surface area contributed by atoms with Crippen LogP contribution in [0.15, 0.2) is 200 Å². The first-order chi connectivity index (χ1) is 27.0. The first-order valence-electron chi connectivity index (χ1n) is 19.1. The number of nitrogens with zero attached hydrogens (tertiary/aromatic N) is 1. The lowest BCUT2D eigenvalue weighted by molar-refractivity contribution is 0.660. The normalized spacial score (nSPS) is 15.5. The van der Waals surface area contributed by atoms with E-state index in [2.05, 4.69) is 225 Å². The van der Waals surface area contributed by atoms with Crippen LogP contribution in [0.4, 0.5) is 17.1 Å². The average Bonchev–Trinajstić information content (AvgIpc) is 3.66. The highest BCUT2D eigenvalue weighted by Gasteiger charge is 2.44. The molecule has 1 nitrogen and oxygen atoms in total. The second-order valence-electron chi connectivity index (χ2n) is 15.2. The van der Waals surface area contributed by atoms with Gasteiger partial charge in [-0.25, -0.2) is 0 Å². The summed E-state index contributed by atoms with van der Waals surface area (Å²) in [5.74, 6) is 7.45. The van der Waals surface area contributed by atoms with Crippen LogP contribution < -0.4 is 4.90 Å². The minimum atomic E-state index is -0.632. The summed E-state index contributed by atoms with van der Waals surface area (Å²) in [6.07, 6.45) is 0. The van der Waals surface area contributed by atoms with Gasteiger partial charge in [0.05, 0.1) is 0 Å². The fraction of sp³-hybridized carbons (Fsp3) is 0.0741. The molecular weight excluding hydrogens is 663 g/mol. The molecule has 0 aliphatic heterocycles. The zero-order valence-corrected chi connectivity index (χ0v) is 31.0. The largest absolute Gasteiger partial charge is 0.310 e. The molecule has 1 atom stereocenters. The van der Waals surface area contributed by atoms with Crippen LogP contribution in [-0.4, -0.2) is 0 Å². The fourth-order valence-electron chi connectivity index (χ4n) is 9.02. The monoisotopic (exact) mass is 701 g/mol. The van der Waals surface area contributed by atoms with Crippen molar-refractivity contribution in [2.75, 3.05) is 4.90 Å². The van der Waals surface area contributed by atoms with E-state index in [1.165, 1.54) is 61.2 Å². The number of hydrogen-bond acceptors (Lipinski definition) is 1. The second kappa shape index (κ2) is 12.9. The summed E-state index contributed by atoms with van der Waals surface area (Å²) < 4.78 is 0. The molecule has 1 heteroatoms. The highest BCUT2D eigenvalue weighted by molar-refractivity contribution is 5.91. The molecule has 0 radical (unpaired) electrons. The van der Waals surface area contributed by atoms with Gasteiger partial charge in [0.15, 0.2) is 0 Å². The number of fused-ring (bicyclic) bond motifs is 6. The van der Waals surface area contributed by atoms with Crippen LogP contribution in [0.5, 0.6) is 0 Å². The SMILES string of the molecule is CC1(C)c2ccccc2-c2ccc(N(c3ccc(-c4ccccc4)cc3)c3ccc4c(c3)-c3ccccc3C4(C#Cc3ccccc3)c3ccccc3)cc21. The Labute approximate surface area is 324 Å². The summed E-state index contributed by atoms with van der Waals surface area (Å²) >= 11 is 0.